The van der Waals surface area contributed by atoms with Gasteiger partial charge in [-0.25, -0.2) is 5.84 Å². The number of nitrogens with one attached hydrogen (secondary N) is 1. The molecule has 96 valence electrons. The Kier molecular flexibility index (Phi) is 5.03. The maximum absolute atomic E-state index is 8.84. The highest BCUT2D eigenvalue weighted by Gasteiger charge is 2.06. The van der Waals surface area contributed by atoms with Gasteiger partial charge in [0.25, 0.3) is 0 Å². The summed E-state index contributed by atoms with van der Waals surface area (Å²) >= 11 is 0. The lowest BCUT2D eigenvalue weighted by Crippen LogP contribution is -2.23. The van der Waals surface area contributed by atoms with Gasteiger partial charge in [-0.2, -0.15) is 5.26 Å². The maximum Gasteiger partial charge on any atom is 0.151 e. The monoisotopic (exact) mass is 246 g/mol. The summed E-state index contributed by atoms with van der Waals surface area (Å²) < 4.78 is 5.59. The molecule has 1 rings (SSSR count). The Hall–Kier alpha value is -2.19. The van der Waals surface area contributed by atoms with Gasteiger partial charge in [0.15, 0.2) is 5.70 Å². The standard InChI is InChI=1S/C13H18N4O/c1-9(2)8-18-11-5-3-4-10(6-11)13(15)12(7-14)17-16/h3-6,9,17H,8,15-16H2,1-2H3/b13-12-. The normalized spacial score (nSPS) is 11.7. The van der Waals surface area contributed by atoms with Gasteiger partial charge in [-0.3, -0.25) is 0 Å². The number of hydrogen-bond donors (Lipinski definition) is 3. The van der Waals surface area contributed by atoms with Crippen LogP contribution >= 0.6 is 0 Å². The Balaban J connectivity index is 2.95. The van der Waals surface area contributed by atoms with Crippen molar-refractivity contribution >= 4 is 5.70 Å². The molecule has 0 amide bonds. The summed E-state index contributed by atoms with van der Waals surface area (Å²) in [6.07, 6.45) is 0. The summed E-state index contributed by atoms with van der Waals surface area (Å²) in [6, 6.07) is 9.15. The first-order chi connectivity index (χ1) is 8.58. The van der Waals surface area contributed by atoms with Crippen molar-refractivity contribution in [2.24, 2.45) is 17.5 Å². The van der Waals surface area contributed by atoms with Crippen molar-refractivity contribution in [3.63, 3.8) is 0 Å². The molecule has 0 radical (unpaired) electrons. The molecule has 0 spiro atoms. The second kappa shape index (κ2) is 6.52. The number of ether oxygens (including phenoxy) is 1. The van der Waals surface area contributed by atoms with E-state index < -0.39 is 0 Å². The lowest BCUT2D eigenvalue weighted by atomic mass is 10.1. The van der Waals surface area contributed by atoms with Crippen LogP contribution in [0.3, 0.4) is 0 Å². The lowest BCUT2D eigenvalue weighted by Gasteiger charge is -2.10. The summed E-state index contributed by atoms with van der Waals surface area (Å²) in [6.45, 7) is 4.78. The fourth-order valence-corrected chi connectivity index (χ4v) is 1.33. The predicted molar refractivity (Wildman–Crippen MR) is 70.8 cm³/mol. The SMILES string of the molecule is CC(C)COc1cccc(/C(N)=C(\C#N)NN)c1. The fourth-order valence-electron chi connectivity index (χ4n) is 1.33. The van der Waals surface area contributed by atoms with Crippen molar-refractivity contribution in [2.75, 3.05) is 6.61 Å². The van der Waals surface area contributed by atoms with Gasteiger partial charge in [0, 0.05) is 5.56 Å². The number of hydrogen-bond acceptors (Lipinski definition) is 5. The third-order valence-corrected chi connectivity index (χ3v) is 2.25. The van der Waals surface area contributed by atoms with E-state index in [1.165, 1.54) is 0 Å². The van der Waals surface area contributed by atoms with Crippen LogP contribution in [0.25, 0.3) is 5.70 Å². The summed E-state index contributed by atoms with van der Waals surface area (Å²) in [5, 5.41) is 8.84. The Labute approximate surface area is 107 Å². The van der Waals surface area contributed by atoms with Crippen molar-refractivity contribution < 1.29 is 4.74 Å². The van der Waals surface area contributed by atoms with Gasteiger partial charge < -0.3 is 15.9 Å². The Morgan fingerprint density at radius 2 is 2.22 bits per heavy atom. The molecule has 0 aliphatic heterocycles. The molecule has 5 N–H and O–H groups in total. The van der Waals surface area contributed by atoms with Crippen LogP contribution < -0.4 is 21.7 Å². The molecule has 18 heavy (non-hydrogen) atoms. The first kappa shape index (κ1) is 13.9. The molecule has 0 aliphatic carbocycles. The lowest BCUT2D eigenvalue weighted by molar-refractivity contribution is 0.271. The van der Waals surface area contributed by atoms with Crippen molar-refractivity contribution in [3.05, 3.63) is 35.5 Å². The van der Waals surface area contributed by atoms with Crippen LogP contribution in [0, 0.1) is 17.2 Å². The molecule has 1 aromatic rings. The van der Waals surface area contributed by atoms with Crippen LogP contribution in [-0.2, 0) is 0 Å². The Morgan fingerprint density at radius 1 is 1.50 bits per heavy atom. The number of nitrogens with zero attached hydrogens (tertiary/aromatic N) is 1. The van der Waals surface area contributed by atoms with E-state index >= 15 is 0 Å². The molecule has 1 aromatic carbocycles. The van der Waals surface area contributed by atoms with Crippen molar-refractivity contribution in [1.29, 1.82) is 5.26 Å². The minimum atomic E-state index is 0.135. The molecule has 0 heterocycles. The summed E-state index contributed by atoms with van der Waals surface area (Å²) in [4.78, 5) is 0. The van der Waals surface area contributed by atoms with Gasteiger partial charge in [-0.1, -0.05) is 26.0 Å². The zero-order chi connectivity index (χ0) is 13.5. The van der Waals surface area contributed by atoms with Gasteiger partial charge in [0.05, 0.1) is 12.3 Å². The smallest absolute Gasteiger partial charge is 0.151 e. The highest BCUT2D eigenvalue weighted by Crippen LogP contribution is 2.19. The highest BCUT2D eigenvalue weighted by atomic mass is 16.5. The van der Waals surface area contributed by atoms with Crippen LogP contribution in [0.1, 0.15) is 19.4 Å². The van der Waals surface area contributed by atoms with Gasteiger partial charge in [0.1, 0.15) is 11.8 Å². The number of benzene rings is 1. The predicted octanol–water partition coefficient (Wildman–Crippen LogP) is 1.34. The van der Waals surface area contributed by atoms with E-state index in [2.05, 4.69) is 19.3 Å². The van der Waals surface area contributed by atoms with Crippen molar-refractivity contribution in [1.82, 2.24) is 5.43 Å². The zero-order valence-electron chi connectivity index (χ0n) is 10.6. The van der Waals surface area contributed by atoms with Gasteiger partial charge in [-0.05, 0) is 18.1 Å². The Bertz CT molecular complexity index is 474. The Morgan fingerprint density at radius 3 is 2.78 bits per heavy atom. The summed E-state index contributed by atoms with van der Waals surface area (Å²) in [7, 11) is 0. The molecule has 0 aliphatic rings. The average molecular weight is 246 g/mol. The van der Waals surface area contributed by atoms with E-state index in [-0.39, 0.29) is 5.70 Å². The average Bonchev–Trinajstić information content (AvgIpc) is 2.38. The van der Waals surface area contributed by atoms with E-state index in [9.17, 15) is 0 Å². The van der Waals surface area contributed by atoms with E-state index in [4.69, 9.17) is 21.6 Å². The van der Waals surface area contributed by atoms with Crippen LogP contribution in [-0.4, -0.2) is 6.61 Å². The first-order valence-corrected chi connectivity index (χ1v) is 5.68. The number of nitriles is 1. The number of allylic oxidation sites excluding steroid dienone is 1. The third-order valence-electron chi connectivity index (χ3n) is 2.25. The number of nitrogens with two attached hydrogens (primary N) is 2. The quantitative estimate of drug-likeness (QED) is 0.414. The maximum atomic E-state index is 8.84. The second-order valence-electron chi connectivity index (χ2n) is 4.28. The topological polar surface area (TPSA) is 97.1 Å². The molecular weight excluding hydrogens is 228 g/mol. The molecule has 5 nitrogen and oxygen atoms in total. The number of rotatable bonds is 5. The molecule has 0 unspecified atom stereocenters. The minimum absolute atomic E-state index is 0.135. The molecular formula is C13H18N4O. The highest BCUT2D eigenvalue weighted by molar-refractivity contribution is 5.69. The number of hydrazine groups is 1. The van der Waals surface area contributed by atoms with Crippen molar-refractivity contribution in [2.45, 2.75) is 13.8 Å². The van der Waals surface area contributed by atoms with E-state index in [0.717, 1.165) is 5.75 Å². The molecule has 0 saturated heterocycles. The fraction of sp³-hybridized carbons (Fsp3) is 0.308. The van der Waals surface area contributed by atoms with E-state index in [1.54, 1.807) is 12.1 Å². The second-order valence-corrected chi connectivity index (χ2v) is 4.28. The zero-order valence-corrected chi connectivity index (χ0v) is 10.6. The van der Waals surface area contributed by atoms with Crippen LogP contribution in [0.4, 0.5) is 0 Å². The molecule has 0 saturated carbocycles. The van der Waals surface area contributed by atoms with Gasteiger partial charge in [-0.15, -0.1) is 0 Å². The largest absolute Gasteiger partial charge is 0.493 e. The van der Waals surface area contributed by atoms with Crippen LogP contribution in [0.2, 0.25) is 0 Å². The van der Waals surface area contributed by atoms with Gasteiger partial charge >= 0.3 is 0 Å². The minimum Gasteiger partial charge on any atom is -0.493 e. The van der Waals surface area contributed by atoms with Gasteiger partial charge in [0.2, 0.25) is 0 Å². The summed E-state index contributed by atoms with van der Waals surface area (Å²) in [5.41, 5.74) is 9.25. The molecule has 0 atom stereocenters. The summed E-state index contributed by atoms with van der Waals surface area (Å²) in [5.74, 6) is 6.38. The van der Waals surface area contributed by atoms with Crippen molar-refractivity contribution in [3.8, 4) is 11.8 Å². The first-order valence-electron chi connectivity index (χ1n) is 5.68. The van der Waals surface area contributed by atoms with E-state index in [1.807, 2.05) is 18.2 Å². The van der Waals surface area contributed by atoms with E-state index in [0.29, 0.717) is 23.8 Å². The molecule has 5 heteroatoms. The van der Waals surface area contributed by atoms with Crippen LogP contribution in [0.15, 0.2) is 30.0 Å². The molecule has 0 aromatic heterocycles. The third kappa shape index (κ3) is 3.68. The molecule has 0 bridgehead atoms. The van der Waals surface area contributed by atoms with Crippen LogP contribution in [0.5, 0.6) is 5.75 Å². The molecule has 0 fully saturated rings.